The van der Waals surface area contributed by atoms with Gasteiger partial charge in [-0.1, -0.05) is 6.07 Å². The van der Waals surface area contributed by atoms with Gasteiger partial charge in [0.25, 0.3) is 5.91 Å². The average molecular weight is 312 g/mol. The van der Waals surface area contributed by atoms with Crippen molar-refractivity contribution in [2.45, 2.75) is 6.04 Å². The van der Waals surface area contributed by atoms with Crippen LogP contribution < -0.4 is 5.32 Å². The van der Waals surface area contributed by atoms with E-state index in [0.717, 1.165) is 9.88 Å². The smallest absolute Gasteiger partial charge is 0.328 e. The molecule has 0 aliphatic carbocycles. The highest BCUT2D eigenvalue weighted by molar-refractivity contribution is 7.20. The van der Waals surface area contributed by atoms with Crippen LogP contribution in [0.15, 0.2) is 22.9 Å². The fourth-order valence-corrected chi connectivity index (χ4v) is 3.08. The highest BCUT2D eigenvalue weighted by Gasteiger charge is 2.22. The van der Waals surface area contributed by atoms with Crippen LogP contribution in [0.3, 0.4) is 0 Å². The van der Waals surface area contributed by atoms with Crippen molar-refractivity contribution in [3.63, 3.8) is 0 Å². The second kappa shape index (κ2) is 6.60. The summed E-state index contributed by atoms with van der Waals surface area (Å²) in [5.74, 6) is -1.66. The minimum absolute atomic E-state index is 0.0943. The zero-order valence-corrected chi connectivity index (χ0v) is 12.2. The molecule has 1 unspecified atom stereocenters. The summed E-state index contributed by atoms with van der Waals surface area (Å²) in [7, 11) is 1.37. The van der Waals surface area contributed by atoms with E-state index in [4.69, 9.17) is 9.84 Å². The number of carboxylic acids is 1. The van der Waals surface area contributed by atoms with Gasteiger partial charge in [0.15, 0.2) is 6.04 Å². The molecule has 0 bridgehead atoms. The van der Waals surface area contributed by atoms with Gasteiger partial charge in [-0.15, -0.1) is 22.7 Å². The Morgan fingerprint density at radius 3 is 2.90 bits per heavy atom. The first-order chi connectivity index (χ1) is 9.61. The first-order valence-electron chi connectivity index (χ1n) is 5.64. The van der Waals surface area contributed by atoms with Crippen molar-refractivity contribution in [1.82, 2.24) is 10.3 Å². The van der Waals surface area contributed by atoms with Crippen LogP contribution in [-0.4, -0.2) is 41.7 Å². The van der Waals surface area contributed by atoms with Crippen molar-refractivity contribution in [1.29, 1.82) is 0 Å². The van der Waals surface area contributed by atoms with Crippen molar-refractivity contribution in [2.24, 2.45) is 0 Å². The number of thiophene rings is 1. The van der Waals surface area contributed by atoms with Crippen LogP contribution in [0.5, 0.6) is 0 Å². The first kappa shape index (κ1) is 14.6. The third-order valence-corrected chi connectivity index (χ3v) is 4.29. The van der Waals surface area contributed by atoms with Gasteiger partial charge in [0, 0.05) is 12.5 Å². The summed E-state index contributed by atoms with van der Waals surface area (Å²) in [6, 6.07) is 2.73. The number of carbonyl (C=O) groups is 2. The standard InChI is InChI=1S/C12H12N2O4S2/c1-18-5-7(12(16)17)13-10(15)8-6-20-11(14-8)9-3-2-4-19-9/h2-4,6-7H,5H2,1H3,(H,13,15)(H,16,17). The Balaban J connectivity index is 2.08. The number of aromatic nitrogens is 1. The fourth-order valence-electron chi connectivity index (χ4n) is 1.46. The maximum absolute atomic E-state index is 11.9. The Bertz CT molecular complexity index is 594. The highest BCUT2D eigenvalue weighted by Crippen LogP contribution is 2.27. The molecule has 6 nitrogen and oxygen atoms in total. The third-order valence-electron chi connectivity index (χ3n) is 2.41. The number of hydrogen-bond acceptors (Lipinski definition) is 6. The Morgan fingerprint density at radius 2 is 2.30 bits per heavy atom. The number of rotatable bonds is 6. The molecule has 2 aromatic heterocycles. The lowest BCUT2D eigenvalue weighted by Crippen LogP contribution is -2.43. The number of nitrogens with one attached hydrogen (secondary N) is 1. The minimum atomic E-state index is -1.14. The van der Waals surface area contributed by atoms with E-state index in [0.29, 0.717) is 0 Å². The van der Waals surface area contributed by atoms with Crippen LogP contribution in [0.1, 0.15) is 10.5 Å². The van der Waals surface area contributed by atoms with Crippen LogP contribution >= 0.6 is 22.7 Å². The maximum atomic E-state index is 11.9. The molecule has 2 aromatic rings. The molecule has 0 aliphatic heterocycles. The van der Waals surface area contributed by atoms with E-state index in [1.807, 2.05) is 17.5 Å². The van der Waals surface area contributed by atoms with E-state index in [9.17, 15) is 9.59 Å². The molecule has 0 saturated carbocycles. The van der Waals surface area contributed by atoms with Crippen molar-refractivity contribution >= 4 is 34.6 Å². The molecule has 2 N–H and O–H groups in total. The zero-order valence-electron chi connectivity index (χ0n) is 10.5. The molecule has 8 heteroatoms. The van der Waals surface area contributed by atoms with Gasteiger partial charge in [-0.25, -0.2) is 9.78 Å². The second-order valence-corrected chi connectivity index (χ2v) is 5.64. The van der Waals surface area contributed by atoms with Gasteiger partial charge < -0.3 is 15.2 Å². The Morgan fingerprint density at radius 1 is 1.50 bits per heavy atom. The van der Waals surface area contributed by atoms with Gasteiger partial charge in [-0.2, -0.15) is 0 Å². The molecule has 0 saturated heterocycles. The number of hydrogen-bond donors (Lipinski definition) is 2. The van der Waals surface area contributed by atoms with Crippen molar-refractivity contribution in [3.05, 3.63) is 28.6 Å². The Labute approximate surface area is 123 Å². The zero-order chi connectivity index (χ0) is 14.5. The predicted octanol–water partition coefficient (Wildman–Crippen LogP) is 1.70. The van der Waals surface area contributed by atoms with E-state index >= 15 is 0 Å². The van der Waals surface area contributed by atoms with Crippen LogP contribution in [0.2, 0.25) is 0 Å². The highest BCUT2D eigenvalue weighted by atomic mass is 32.1. The number of carboxylic acid groups (broad SMARTS) is 1. The molecule has 1 atom stereocenters. The quantitative estimate of drug-likeness (QED) is 0.847. The fraction of sp³-hybridized carbons (Fsp3) is 0.250. The monoisotopic (exact) mass is 312 g/mol. The van der Waals surface area contributed by atoms with Crippen LogP contribution in [-0.2, 0) is 9.53 Å². The second-order valence-electron chi connectivity index (χ2n) is 3.83. The van der Waals surface area contributed by atoms with Crippen molar-refractivity contribution < 1.29 is 19.4 Å². The Hall–Kier alpha value is -1.77. The van der Waals surface area contributed by atoms with Crippen molar-refractivity contribution in [3.8, 4) is 9.88 Å². The number of methoxy groups -OCH3 is 1. The molecule has 0 radical (unpaired) electrons. The number of carbonyl (C=O) groups excluding carboxylic acids is 1. The van der Waals surface area contributed by atoms with E-state index in [-0.39, 0.29) is 12.3 Å². The number of aliphatic carboxylic acids is 1. The maximum Gasteiger partial charge on any atom is 0.328 e. The summed E-state index contributed by atoms with van der Waals surface area (Å²) in [6.45, 7) is -0.0943. The van der Waals surface area contributed by atoms with Gasteiger partial charge in [0.2, 0.25) is 0 Å². The van der Waals surface area contributed by atoms with E-state index in [1.165, 1.54) is 29.8 Å². The van der Waals surface area contributed by atoms with Gasteiger partial charge >= 0.3 is 5.97 Å². The third kappa shape index (κ3) is 3.41. The molecule has 106 valence electrons. The Kier molecular flexibility index (Phi) is 4.83. The van der Waals surface area contributed by atoms with Gasteiger partial charge in [0.1, 0.15) is 10.7 Å². The topological polar surface area (TPSA) is 88.5 Å². The molecular weight excluding hydrogens is 300 g/mol. The van der Waals surface area contributed by atoms with Gasteiger partial charge in [0.05, 0.1) is 11.5 Å². The normalized spacial score (nSPS) is 12.1. The number of amides is 1. The molecular formula is C12H12N2O4S2. The number of nitrogens with zero attached hydrogens (tertiary/aromatic N) is 1. The predicted molar refractivity (Wildman–Crippen MR) is 76.2 cm³/mol. The summed E-state index contributed by atoms with van der Waals surface area (Å²) in [4.78, 5) is 28.1. The molecule has 20 heavy (non-hydrogen) atoms. The largest absolute Gasteiger partial charge is 0.480 e. The summed E-state index contributed by atoms with van der Waals surface area (Å²) < 4.78 is 4.75. The SMILES string of the molecule is COCC(NC(=O)c1csc(-c2cccs2)n1)C(=O)O. The lowest BCUT2D eigenvalue weighted by Gasteiger charge is -2.12. The molecule has 0 aromatic carbocycles. The van der Waals surface area contributed by atoms with E-state index in [1.54, 1.807) is 5.38 Å². The minimum Gasteiger partial charge on any atom is -0.480 e. The molecule has 1 amide bonds. The lowest BCUT2D eigenvalue weighted by molar-refractivity contribution is -0.140. The van der Waals surface area contributed by atoms with Crippen LogP contribution in [0.25, 0.3) is 9.88 Å². The molecule has 0 fully saturated rings. The van der Waals surface area contributed by atoms with Gasteiger partial charge in [-0.05, 0) is 11.4 Å². The van der Waals surface area contributed by atoms with E-state index < -0.39 is 17.9 Å². The van der Waals surface area contributed by atoms with Crippen LogP contribution in [0, 0.1) is 0 Å². The van der Waals surface area contributed by atoms with Crippen LogP contribution in [0.4, 0.5) is 0 Å². The number of ether oxygens (including phenoxy) is 1. The molecule has 0 aliphatic rings. The summed E-state index contributed by atoms with van der Waals surface area (Å²) >= 11 is 2.87. The summed E-state index contributed by atoms with van der Waals surface area (Å²) in [6.07, 6.45) is 0. The number of thiazole rings is 1. The molecule has 2 rings (SSSR count). The summed E-state index contributed by atoms with van der Waals surface area (Å²) in [5.41, 5.74) is 0.209. The lowest BCUT2D eigenvalue weighted by atomic mass is 10.3. The first-order valence-corrected chi connectivity index (χ1v) is 7.39. The average Bonchev–Trinajstić information content (AvgIpc) is 3.08. The molecule has 0 spiro atoms. The van der Waals surface area contributed by atoms with Crippen molar-refractivity contribution in [2.75, 3.05) is 13.7 Å². The molecule has 2 heterocycles. The van der Waals surface area contributed by atoms with E-state index in [2.05, 4.69) is 10.3 Å². The summed E-state index contributed by atoms with van der Waals surface area (Å²) in [5, 5.41) is 15.6. The van der Waals surface area contributed by atoms with Gasteiger partial charge in [-0.3, -0.25) is 4.79 Å².